The van der Waals surface area contributed by atoms with Gasteiger partial charge in [0.25, 0.3) is 0 Å². The van der Waals surface area contributed by atoms with Gasteiger partial charge in [-0.1, -0.05) is 23.2 Å². The predicted molar refractivity (Wildman–Crippen MR) is 77.3 cm³/mol. The third kappa shape index (κ3) is 3.34. The summed E-state index contributed by atoms with van der Waals surface area (Å²) in [5.41, 5.74) is -0.151. The summed E-state index contributed by atoms with van der Waals surface area (Å²) in [6.45, 7) is 1.88. The summed E-state index contributed by atoms with van der Waals surface area (Å²) in [5, 5.41) is 14.2. The Kier molecular flexibility index (Phi) is 4.24. The molecule has 0 aliphatic heterocycles. The van der Waals surface area contributed by atoms with E-state index < -0.39 is 4.92 Å². The Labute approximate surface area is 123 Å². The van der Waals surface area contributed by atoms with Gasteiger partial charge in [0.1, 0.15) is 0 Å². The first-order valence-electron chi connectivity index (χ1n) is 5.29. The van der Waals surface area contributed by atoms with Crippen LogP contribution >= 0.6 is 34.5 Å². The van der Waals surface area contributed by atoms with Gasteiger partial charge in [-0.15, -0.1) is 11.3 Å². The van der Waals surface area contributed by atoms with E-state index in [1.165, 1.54) is 23.6 Å². The van der Waals surface area contributed by atoms with Crippen LogP contribution in [0.1, 0.15) is 17.8 Å². The Balaban J connectivity index is 2.26. The minimum absolute atomic E-state index is 0.134. The van der Waals surface area contributed by atoms with Crippen molar-refractivity contribution in [2.24, 2.45) is 0 Å². The summed E-state index contributed by atoms with van der Waals surface area (Å²) in [6, 6.07) is 4.78. The molecule has 0 amide bonds. The molecule has 100 valence electrons. The maximum Gasteiger partial charge on any atom is 0.312 e. The number of rotatable bonds is 4. The first-order valence-corrected chi connectivity index (χ1v) is 6.86. The van der Waals surface area contributed by atoms with Crippen LogP contribution in [0.2, 0.25) is 9.36 Å². The highest BCUT2D eigenvalue weighted by Crippen LogP contribution is 2.32. The maximum atomic E-state index is 10.9. The topological polar surface area (TPSA) is 68.1 Å². The largest absolute Gasteiger partial charge is 0.357 e. The number of hydrogen-bond acceptors (Lipinski definition) is 5. The van der Waals surface area contributed by atoms with Crippen LogP contribution in [-0.2, 0) is 0 Å². The van der Waals surface area contributed by atoms with Crippen molar-refractivity contribution in [2.45, 2.75) is 13.0 Å². The number of nitrogens with one attached hydrogen (secondary N) is 1. The molecule has 0 aliphatic carbocycles. The van der Waals surface area contributed by atoms with Crippen LogP contribution in [0.25, 0.3) is 0 Å². The van der Waals surface area contributed by atoms with Crippen LogP contribution in [0, 0.1) is 10.1 Å². The van der Waals surface area contributed by atoms with Crippen LogP contribution in [0.4, 0.5) is 11.5 Å². The van der Waals surface area contributed by atoms with Crippen LogP contribution in [0.3, 0.4) is 0 Å². The Bertz CT molecular complexity index is 618. The summed E-state index contributed by atoms with van der Waals surface area (Å²) in [6.07, 6.45) is 1.37. The summed E-state index contributed by atoms with van der Waals surface area (Å²) in [4.78, 5) is 15.4. The number of thiophene rings is 1. The molecule has 2 aromatic heterocycles. The van der Waals surface area contributed by atoms with Gasteiger partial charge in [0, 0.05) is 17.1 Å². The lowest BCUT2D eigenvalue weighted by atomic mass is 10.2. The smallest absolute Gasteiger partial charge is 0.312 e. The lowest BCUT2D eigenvalue weighted by Crippen LogP contribution is -2.08. The summed E-state index contributed by atoms with van der Waals surface area (Å²) in [7, 11) is 0. The summed E-state index contributed by atoms with van der Waals surface area (Å²) >= 11 is 13.0. The monoisotopic (exact) mass is 317 g/mol. The fraction of sp³-hybridized carbons (Fsp3) is 0.182. The third-order valence-corrected chi connectivity index (χ3v) is 4.03. The Morgan fingerprint density at radius 1 is 1.47 bits per heavy atom. The van der Waals surface area contributed by atoms with Gasteiger partial charge in [-0.2, -0.15) is 0 Å². The molecule has 0 bridgehead atoms. The van der Waals surface area contributed by atoms with Crippen molar-refractivity contribution in [2.75, 3.05) is 5.32 Å². The minimum atomic E-state index is -0.519. The van der Waals surface area contributed by atoms with E-state index in [0.717, 1.165) is 4.88 Å². The molecule has 8 heteroatoms. The molecule has 0 radical (unpaired) electrons. The second kappa shape index (κ2) is 5.73. The molecule has 19 heavy (non-hydrogen) atoms. The highest BCUT2D eigenvalue weighted by Gasteiger charge is 2.18. The molecule has 0 aliphatic rings. The van der Waals surface area contributed by atoms with Crippen molar-refractivity contribution in [1.82, 2.24) is 4.98 Å². The van der Waals surface area contributed by atoms with Crippen LogP contribution in [0.15, 0.2) is 24.4 Å². The molecule has 2 rings (SSSR count). The molecule has 1 N–H and O–H groups in total. The fourth-order valence-electron chi connectivity index (χ4n) is 1.52. The van der Waals surface area contributed by atoms with Crippen molar-refractivity contribution in [3.8, 4) is 0 Å². The standard InChI is InChI=1S/C11H9Cl2N3O2S/c1-6(9-2-3-10(13)19-9)15-11-8(16(17)18)4-7(12)5-14-11/h2-6H,1H3,(H,14,15). The van der Waals surface area contributed by atoms with E-state index in [-0.39, 0.29) is 22.6 Å². The molecule has 0 fully saturated rings. The third-order valence-electron chi connectivity index (χ3n) is 2.40. The minimum Gasteiger partial charge on any atom is -0.357 e. The summed E-state index contributed by atoms with van der Waals surface area (Å²) in [5.74, 6) is 0.187. The maximum absolute atomic E-state index is 10.9. The second-order valence-electron chi connectivity index (χ2n) is 3.79. The van der Waals surface area contributed by atoms with Gasteiger partial charge in [0.15, 0.2) is 0 Å². The van der Waals surface area contributed by atoms with E-state index >= 15 is 0 Å². The normalized spacial score (nSPS) is 12.2. The molecule has 0 saturated carbocycles. The zero-order valence-corrected chi connectivity index (χ0v) is 12.1. The highest BCUT2D eigenvalue weighted by molar-refractivity contribution is 7.16. The van der Waals surface area contributed by atoms with E-state index in [1.54, 1.807) is 6.07 Å². The van der Waals surface area contributed by atoms with Crippen LogP contribution < -0.4 is 5.32 Å². The highest BCUT2D eigenvalue weighted by atomic mass is 35.5. The zero-order valence-electron chi connectivity index (χ0n) is 9.76. The van der Waals surface area contributed by atoms with Gasteiger partial charge >= 0.3 is 5.69 Å². The first kappa shape index (κ1) is 14.0. The second-order valence-corrected chi connectivity index (χ2v) is 5.97. The number of pyridine rings is 1. The predicted octanol–water partition coefficient (Wildman–Crippen LogP) is 4.53. The average molecular weight is 318 g/mol. The van der Waals surface area contributed by atoms with Gasteiger partial charge in [0.05, 0.1) is 20.3 Å². The molecular formula is C11H9Cl2N3O2S. The fourth-order valence-corrected chi connectivity index (χ4v) is 2.73. The molecular weight excluding hydrogens is 309 g/mol. The molecule has 2 heterocycles. The average Bonchev–Trinajstić information content (AvgIpc) is 2.78. The van der Waals surface area contributed by atoms with Gasteiger partial charge < -0.3 is 5.32 Å². The van der Waals surface area contributed by atoms with E-state index in [4.69, 9.17) is 23.2 Å². The van der Waals surface area contributed by atoms with Gasteiger partial charge in [0.2, 0.25) is 5.82 Å². The Morgan fingerprint density at radius 3 is 2.79 bits per heavy atom. The molecule has 0 saturated heterocycles. The number of hydrogen-bond donors (Lipinski definition) is 1. The Morgan fingerprint density at radius 2 is 2.21 bits per heavy atom. The van der Waals surface area contributed by atoms with Crippen molar-refractivity contribution < 1.29 is 4.92 Å². The van der Waals surface area contributed by atoms with E-state index in [9.17, 15) is 10.1 Å². The van der Waals surface area contributed by atoms with Crippen LogP contribution in [0.5, 0.6) is 0 Å². The summed E-state index contributed by atoms with van der Waals surface area (Å²) < 4.78 is 0.669. The van der Waals surface area contributed by atoms with Gasteiger partial charge in [-0.05, 0) is 19.1 Å². The van der Waals surface area contributed by atoms with Crippen molar-refractivity contribution in [1.29, 1.82) is 0 Å². The van der Waals surface area contributed by atoms with E-state index in [0.29, 0.717) is 4.34 Å². The molecule has 1 unspecified atom stereocenters. The molecule has 5 nitrogen and oxygen atoms in total. The van der Waals surface area contributed by atoms with Crippen molar-refractivity contribution >= 4 is 46.0 Å². The van der Waals surface area contributed by atoms with E-state index in [2.05, 4.69) is 10.3 Å². The zero-order chi connectivity index (χ0) is 14.0. The Hall–Kier alpha value is -1.37. The number of nitrogens with zero attached hydrogens (tertiary/aromatic N) is 2. The van der Waals surface area contributed by atoms with Crippen molar-refractivity contribution in [3.05, 3.63) is 48.7 Å². The quantitative estimate of drug-likeness (QED) is 0.664. The molecule has 0 aromatic carbocycles. The van der Waals surface area contributed by atoms with Gasteiger partial charge in [-0.25, -0.2) is 4.98 Å². The first-order chi connectivity index (χ1) is 8.97. The van der Waals surface area contributed by atoms with Crippen molar-refractivity contribution in [3.63, 3.8) is 0 Å². The number of halogens is 2. The molecule has 1 atom stereocenters. The molecule has 2 aromatic rings. The number of aromatic nitrogens is 1. The van der Waals surface area contributed by atoms with E-state index in [1.807, 2.05) is 13.0 Å². The SMILES string of the molecule is CC(Nc1ncc(Cl)cc1[N+](=O)[O-])c1ccc(Cl)s1. The lowest BCUT2D eigenvalue weighted by Gasteiger charge is -2.12. The molecule has 0 spiro atoms. The van der Waals surface area contributed by atoms with Gasteiger partial charge in [-0.3, -0.25) is 10.1 Å². The number of nitro groups is 1. The van der Waals surface area contributed by atoms with Crippen LogP contribution in [-0.4, -0.2) is 9.91 Å². The number of anilines is 1. The lowest BCUT2D eigenvalue weighted by molar-refractivity contribution is -0.384.